The molecule has 2 nitrogen and oxygen atoms in total. The highest BCUT2D eigenvalue weighted by Gasteiger charge is 2.08. The van der Waals surface area contributed by atoms with Gasteiger partial charge >= 0.3 is 0 Å². The first-order valence-electron chi connectivity index (χ1n) is 6.64. The first kappa shape index (κ1) is 15.0. The summed E-state index contributed by atoms with van der Waals surface area (Å²) in [5, 5.41) is 1.18. The average molecular weight is 309 g/mol. The SMILES string of the molecule is CCCN(Cc1ccc(Cl)c(Cl)c1)c1cccc(N)c1. The number of hydrogen-bond donors (Lipinski definition) is 1. The number of anilines is 2. The summed E-state index contributed by atoms with van der Waals surface area (Å²) in [5.74, 6) is 0. The molecule has 2 aromatic carbocycles. The van der Waals surface area contributed by atoms with E-state index < -0.39 is 0 Å². The van der Waals surface area contributed by atoms with E-state index in [1.54, 1.807) is 0 Å². The van der Waals surface area contributed by atoms with Crippen molar-refractivity contribution >= 4 is 34.6 Å². The van der Waals surface area contributed by atoms with Gasteiger partial charge in [-0.3, -0.25) is 0 Å². The smallest absolute Gasteiger partial charge is 0.0595 e. The van der Waals surface area contributed by atoms with Gasteiger partial charge in [0.25, 0.3) is 0 Å². The zero-order valence-electron chi connectivity index (χ0n) is 11.4. The van der Waals surface area contributed by atoms with E-state index in [1.807, 2.05) is 36.4 Å². The van der Waals surface area contributed by atoms with Crippen molar-refractivity contribution in [3.8, 4) is 0 Å². The van der Waals surface area contributed by atoms with Crippen LogP contribution < -0.4 is 10.6 Å². The molecule has 0 spiro atoms. The van der Waals surface area contributed by atoms with Crippen molar-refractivity contribution in [2.24, 2.45) is 0 Å². The van der Waals surface area contributed by atoms with Gasteiger partial charge in [0.1, 0.15) is 0 Å². The minimum absolute atomic E-state index is 0.585. The van der Waals surface area contributed by atoms with E-state index in [-0.39, 0.29) is 0 Å². The van der Waals surface area contributed by atoms with Gasteiger partial charge in [0.15, 0.2) is 0 Å². The van der Waals surface area contributed by atoms with Crippen LogP contribution in [0.2, 0.25) is 10.0 Å². The minimum atomic E-state index is 0.585. The van der Waals surface area contributed by atoms with Gasteiger partial charge in [-0.1, -0.05) is 42.3 Å². The summed E-state index contributed by atoms with van der Waals surface area (Å²) in [4.78, 5) is 2.29. The first-order valence-corrected chi connectivity index (χ1v) is 7.40. The fraction of sp³-hybridized carbons (Fsp3) is 0.250. The van der Waals surface area contributed by atoms with Crippen LogP contribution in [0.1, 0.15) is 18.9 Å². The summed E-state index contributed by atoms with van der Waals surface area (Å²) in [7, 11) is 0. The van der Waals surface area contributed by atoms with Crippen LogP contribution in [0.15, 0.2) is 42.5 Å². The van der Waals surface area contributed by atoms with Crippen LogP contribution in [0, 0.1) is 0 Å². The largest absolute Gasteiger partial charge is 0.399 e. The summed E-state index contributed by atoms with van der Waals surface area (Å²) in [6.45, 7) is 3.91. The van der Waals surface area contributed by atoms with Crippen molar-refractivity contribution < 1.29 is 0 Å². The molecule has 4 heteroatoms. The molecule has 106 valence electrons. The van der Waals surface area contributed by atoms with Gasteiger partial charge in [-0.05, 0) is 42.3 Å². The molecule has 0 atom stereocenters. The predicted octanol–water partition coefficient (Wildman–Crippen LogP) is 4.99. The highest BCUT2D eigenvalue weighted by Crippen LogP contribution is 2.25. The third kappa shape index (κ3) is 3.81. The normalized spacial score (nSPS) is 10.6. The van der Waals surface area contributed by atoms with Gasteiger partial charge in [0.2, 0.25) is 0 Å². The Labute approximate surface area is 130 Å². The third-order valence-electron chi connectivity index (χ3n) is 3.09. The van der Waals surface area contributed by atoms with E-state index in [1.165, 1.54) is 0 Å². The van der Waals surface area contributed by atoms with Crippen LogP contribution in [0.5, 0.6) is 0 Å². The highest BCUT2D eigenvalue weighted by molar-refractivity contribution is 6.42. The van der Waals surface area contributed by atoms with Crippen molar-refractivity contribution in [3.63, 3.8) is 0 Å². The van der Waals surface area contributed by atoms with Crippen LogP contribution in [-0.2, 0) is 6.54 Å². The van der Waals surface area contributed by atoms with Crippen molar-refractivity contribution in [2.45, 2.75) is 19.9 Å². The molecule has 0 aliphatic carbocycles. The third-order valence-corrected chi connectivity index (χ3v) is 3.83. The number of nitrogens with two attached hydrogens (primary N) is 1. The molecule has 0 aliphatic heterocycles. The Morgan fingerprint density at radius 1 is 1.05 bits per heavy atom. The summed E-state index contributed by atoms with van der Waals surface area (Å²) >= 11 is 12.0. The molecule has 0 saturated carbocycles. The van der Waals surface area contributed by atoms with Gasteiger partial charge in [-0.25, -0.2) is 0 Å². The standard InChI is InChI=1S/C16H18Cl2N2/c1-2-8-20(14-5-3-4-13(19)10-14)11-12-6-7-15(17)16(18)9-12/h3-7,9-10H,2,8,11,19H2,1H3. The summed E-state index contributed by atoms with van der Waals surface area (Å²) < 4.78 is 0. The molecule has 2 N–H and O–H groups in total. The maximum Gasteiger partial charge on any atom is 0.0595 e. The number of halogens is 2. The van der Waals surface area contributed by atoms with E-state index >= 15 is 0 Å². The second kappa shape index (κ2) is 6.87. The molecule has 0 radical (unpaired) electrons. The lowest BCUT2D eigenvalue weighted by Gasteiger charge is -2.25. The Bertz CT molecular complexity index is 584. The van der Waals surface area contributed by atoms with E-state index in [0.29, 0.717) is 10.0 Å². The Hall–Kier alpha value is -1.38. The zero-order valence-corrected chi connectivity index (χ0v) is 13.0. The molecular weight excluding hydrogens is 291 g/mol. The van der Waals surface area contributed by atoms with Crippen molar-refractivity contribution in [1.29, 1.82) is 0 Å². The van der Waals surface area contributed by atoms with E-state index in [4.69, 9.17) is 28.9 Å². The Morgan fingerprint density at radius 2 is 1.85 bits per heavy atom. The number of hydrogen-bond acceptors (Lipinski definition) is 2. The van der Waals surface area contributed by atoms with Crippen molar-refractivity contribution in [1.82, 2.24) is 0 Å². The Kier molecular flexibility index (Phi) is 5.16. The second-order valence-electron chi connectivity index (χ2n) is 4.77. The number of nitrogen functional groups attached to an aromatic ring is 1. The quantitative estimate of drug-likeness (QED) is 0.788. The molecule has 2 rings (SSSR count). The van der Waals surface area contributed by atoms with Crippen LogP contribution in [-0.4, -0.2) is 6.54 Å². The maximum absolute atomic E-state index is 6.08. The lowest BCUT2D eigenvalue weighted by Crippen LogP contribution is -2.23. The lowest BCUT2D eigenvalue weighted by molar-refractivity contribution is 0.767. The highest BCUT2D eigenvalue weighted by atomic mass is 35.5. The Balaban J connectivity index is 2.22. The van der Waals surface area contributed by atoms with E-state index in [9.17, 15) is 0 Å². The molecule has 0 aliphatic rings. The molecule has 0 saturated heterocycles. The predicted molar refractivity (Wildman–Crippen MR) is 88.7 cm³/mol. The molecule has 0 heterocycles. The zero-order chi connectivity index (χ0) is 14.5. The fourth-order valence-corrected chi connectivity index (χ4v) is 2.47. The van der Waals surface area contributed by atoms with E-state index in [2.05, 4.69) is 17.9 Å². The molecule has 20 heavy (non-hydrogen) atoms. The van der Waals surface area contributed by atoms with Gasteiger partial charge in [0, 0.05) is 24.5 Å². The molecular formula is C16H18Cl2N2. The topological polar surface area (TPSA) is 29.3 Å². The molecule has 0 unspecified atom stereocenters. The van der Waals surface area contributed by atoms with Crippen LogP contribution in [0.3, 0.4) is 0 Å². The second-order valence-corrected chi connectivity index (χ2v) is 5.58. The Morgan fingerprint density at radius 3 is 2.50 bits per heavy atom. The van der Waals surface area contributed by atoms with E-state index in [0.717, 1.165) is 36.4 Å². The van der Waals surface area contributed by atoms with Gasteiger partial charge in [-0.2, -0.15) is 0 Å². The summed E-state index contributed by atoms with van der Waals surface area (Å²) in [5.41, 5.74) is 8.90. The molecule has 0 fully saturated rings. The van der Waals surface area contributed by atoms with Crippen molar-refractivity contribution in [2.75, 3.05) is 17.2 Å². The monoisotopic (exact) mass is 308 g/mol. The fourth-order valence-electron chi connectivity index (χ4n) is 2.15. The lowest BCUT2D eigenvalue weighted by atomic mass is 10.2. The number of nitrogens with zero attached hydrogens (tertiary/aromatic N) is 1. The molecule has 2 aromatic rings. The molecule has 0 amide bonds. The summed E-state index contributed by atoms with van der Waals surface area (Å²) in [6.07, 6.45) is 1.07. The maximum atomic E-state index is 6.08. The molecule has 0 bridgehead atoms. The summed E-state index contributed by atoms with van der Waals surface area (Å²) in [6, 6.07) is 13.7. The van der Waals surface area contributed by atoms with Crippen LogP contribution >= 0.6 is 23.2 Å². The molecule has 0 aromatic heterocycles. The number of benzene rings is 2. The van der Waals surface area contributed by atoms with Gasteiger partial charge in [-0.15, -0.1) is 0 Å². The van der Waals surface area contributed by atoms with Crippen LogP contribution in [0.4, 0.5) is 11.4 Å². The van der Waals surface area contributed by atoms with Gasteiger partial charge < -0.3 is 10.6 Å². The first-order chi connectivity index (χ1) is 9.60. The van der Waals surface area contributed by atoms with Crippen molar-refractivity contribution in [3.05, 3.63) is 58.1 Å². The van der Waals surface area contributed by atoms with Crippen LogP contribution in [0.25, 0.3) is 0 Å². The average Bonchev–Trinajstić information content (AvgIpc) is 2.42. The number of rotatable bonds is 5. The minimum Gasteiger partial charge on any atom is -0.399 e. The van der Waals surface area contributed by atoms with Gasteiger partial charge in [0.05, 0.1) is 10.0 Å².